The Morgan fingerprint density at radius 1 is 1.50 bits per heavy atom. The molecule has 1 atom stereocenters. The topological polar surface area (TPSA) is 0 Å². The minimum Gasteiger partial charge on any atom is -0.0917 e. The summed E-state index contributed by atoms with van der Waals surface area (Å²) in [6.07, 6.45) is 6.89. The molecule has 0 N–H and O–H groups in total. The molecule has 0 rings (SSSR count). The van der Waals surface area contributed by atoms with Crippen LogP contribution in [0.25, 0.3) is 0 Å². The fourth-order valence-corrected chi connectivity index (χ4v) is 0.535. The molecule has 0 aliphatic carbocycles. The lowest BCUT2D eigenvalue weighted by Crippen LogP contribution is -1.86. The first-order valence-electron chi connectivity index (χ1n) is 3.42. The van der Waals surface area contributed by atoms with Crippen molar-refractivity contribution >= 4 is 0 Å². The van der Waals surface area contributed by atoms with Gasteiger partial charge in [0, 0.05) is 0 Å². The van der Waals surface area contributed by atoms with Gasteiger partial charge in [-0.2, -0.15) is 0 Å². The fourth-order valence-electron chi connectivity index (χ4n) is 0.535. The molecule has 8 heavy (non-hydrogen) atoms. The van der Waals surface area contributed by atoms with Gasteiger partial charge in [0.15, 0.2) is 0 Å². The SMILES string of the molecule is CC=CC[C@@H](C)CC. The summed E-state index contributed by atoms with van der Waals surface area (Å²) < 4.78 is 0. The molecular formula is C8H16. The Morgan fingerprint density at radius 3 is 2.50 bits per heavy atom. The normalized spacial score (nSPS) is 14.9. The van der Waals surface area contributed by atoms with E-state index >= 15 is 0 Å². The van der Waals surface area contributed by atoms with Crippen LogP contribution in [-0.4, -0.2) is 0 Å². The van der Waals surface area contributed by atoms with Crippen molar-refractivity contribution in [1.29, 1.82) is 0 Å². The van der Waals surface area contributed by atoms with Crippen LogP contribution in [0.3, 0.4) is 0 Å². The van der Waals surface area contributed by atoms with E-state index in [2.05, 4.69) is 32.9 Å². The molecule has 0 saturated carbocycles. The van der Waals surface area contributed by atoms with Crippen LogP contribution >= 0.6 is 0 Å². The van der Waals surface area contributed by atoms with E-state index in [9.17, 15) is 0 Å². The van der Waals surface area contributed by atoms with Crippen molar-refractivity contribution in [2.24, 2.45) is 5.92 Å². The highest BCUT2D eigenvalue weighted by atomic mass is 14.0. The minimum absolute atomic E-state index is 0.867. The van der Waals surface area contributed by atoms with Crippen LogP contribution in [0, 0.1) is 5.92 Å². The summed E-state index contributed by atoms with van der Waals surface area (Å²) in [4.78, 5) is 0. The van der Waals surface area contributed by atoms with Gasteiger partial charge in [-0.05, 0) is 19.3 Å². The predicted molar refractivity (Wildman–Crippen MR) is 38.9 cm³/mol. The quantitative estimate of drug-likeness (QED) is 0.492. The third kappa shape index (κ3) is 3.91. The van der Waals surface area contributed by atoms with E-state index in [0.29, 0.717) is 0 Å². The molecule has 0 heteroatoms. The third-order valence-electron chi connectivity index (χ3n) is 1.47. The molecule has 0 unspecified atom stereocenters. The maximum Gasteiger partial charge on any atom is -0.0325 e. The van der Waals surface area contributed by atoms with Gasteiger partial charge in [0.05, 0.1) is 0 Å². The average molecular weight is 112 g/mol. The Labute approximate surface area is 52.6 Å². The highest BCUT2D eigenvalue weighted by molar-refractivity contribution is 4.78. The van der Waals surface area contributed by atoms with E-state index in [1.54, 1.807) is 0 Å². The molecular weight excluding hydrogens is 96.1 g/mol. The van der Waals surface area contributed by atoms with Gasteiger partial charge >= 0.3 is 0 Å². The van der Waals surface area contributed by atoms with Crippen LogP contribution in [0.1, 0.15) is 33.6 Å². The van der Waals surface area contributed by atoms with Crippen LogP contribution in [0.4, 0.5) is 0 Å². The first-order valence-corrected chi connectivity index (χ1v) is 3.42. The zero-order valence-electron chi connectivity index (χ0n) is 6.15. The molecule has 0 nitrogen and oxygen atoms in total. The fraction of sp³-hybridized carbons (Fsp3) is 0.750. The second kappa shape index (κ2) is 4.89. The molecule has 0 aliphatic heterocycles. The Morgan fingerprint density at radius 2 is 2.12 bits per heavy atom. The van der Waals surface area contributed by atoms with Gasteiger partial charge in [-0.15, -0.1) is 0 Å². The van der Waals surface area contributed by atoms with Gasteiger partial charge in [-0.3, -0.25) is 0 Å². The minimum atomic E-state index is 0.867. The van der Waals surface area contributed by atoms with E-state index in [-0.39, 0.29) is 0 Å². The summed E-state index contributed by atoms with van der Waals surface area (Å²) in [6, 6.07) is 0. The van der Waals surface area contributed by atoms with Crippen LogP contribution < -0.4 is 0 Å². The van der Waals surface area contributed by atoms with Crippen LogP contribution in [0.15, 0.2) is 12.2 Å². The van der Waals surface area contributed by atoms with Crippen LogP contribution in [-0.2, 0) is 0 Å². The van der Waals surface area contributed by atoms with Gasteiger partial charge in [-0.25, -0.2) is 0 Å². The smallest absolute Gasteiger partial charge is 0.0325 e. The van der Waals surface area contributed by atoms with Gasteiger partial charge < -0.3 is 0 Å². The lowest BCUT2D eigenvalue weighted by Gasteiger charge is -2.00. The van der Waals surface area contributed by atoms with E-state index < -0.39 is 0 Å². The molecule has 0 heterocycles. The molecule has 0 fully saturated rings. The van der Waals surface area contributed by atoms with Gasteiger partial charge in [0.25, 0.3) is 0 Å². The monoisotopic (exact) mass is 112 g/mol. The van der Waals surface area contributed by atoms with E-state index in [1.165, 1.54) is 12.8 Å². The van der Waals surface area contributed by atoms with Crippen molar-refractivity contribution in [3.8, 4) is 0 Å². The summed E-state index contributed by atoms with van der Waals surface area (Å²) >= 11 is 0. The summed E-state index contributed by atoms with van der Waals surface area (Å²) in [5.74, 6) is 0.867. The van der Waals surface area contributed by atoms with Crippen molar-refractivity contribution in [2.45, 2.75) is 33.6 Å². The molecule has 0 aromatic heterocycles. The Bertz CT molecular complexity index is 62.4. The van der Waals surface area contributed by atoms with Gasteiger partial charge in [0.2, 0.25) is 0 Å². The Balaban J connectivity index is 3.10. The molecule has 0 radical (unpaired) electrons. The number of hydrogen-bond acceptors (Lipinski definition) is 0. The number of allylic oxidation sites excluding steroid dienone is 2. The zero-order chi connectivity index (χ0) is 6.41. The average Bonchev–Trinajstić information content (AvgIpc) is 1.83. The zero-order valence-corrected chi connectivity index (χ0v) is 6.15. The van der Waals surface area contributed by atoms with Crippen molar-refractivity contribution in [1.82, 2.24) is 0 Å². The lowest BCUT2D eigenvalue weighted by molar-refractivity contribution is 0.572. The van der Waals surface area contributed by atoms with Gasteiger partial charge in [-0.1, -0.05) is 32.4 Å². The molecule has 48 valence electrons. The summed E-state index contributed by atoms with van der Waals surface area (Å²) in [5.41, 5.74) is 0. The van der Waals surface area contributed by atoms with Crippen LogP contribution in [0.2, 0.25) is 0 Å². The third-order valence-corrected chi connectivity index (χ3v) is 1.47. The molecule has 0 bridgehead atoms. The van der Waals surface area contributed by atoms with Crippen LogP contribution in [0.5, 0.6) is 0 Å². The van der Waals surface area contributed by atoms with Crippen molar-refractivity contribution in [3.63, 3.8) is 0 Å². The van der Waals surface area contributed by atoms with Gasteiger partial charge in [0.1, 0.15) is 0 Å². The summed E-state index contributed by atoms with van der Waals surface area (Å²) in [6.45, 7) is 6.58. The molecule has 0 aromatic rings. The summed E-state index contributed by atoms with van der Waals surface area (Å²) in [5, 5.41) is 0. The Hall–Kier alpha value is -0.260. The largest absolute Gasteiger partial charge is 0.0917 e. The van der Waals surface area contributed by atoms with E-state index in [1.807, 2.05) is 0 Å². The summed E-state index contributed by atoms with van der Waals surface area (Å²) in [7, 11) is 0. The standard InChI is InChI=1S/C8H16/c1-4-6-7-8(3)5-2/h4,6,8H,5,7H2,1-3H3/t8-/m0/s1. The molecule has 0 spiro atoms. The van der Waals surface area contributed by atoms with E-state index in [4.69, 9.17) is 0 Å². The maximum atomic E-state index is 2.28. The molecule has 0 aliphatic rings. The Kier molecular flexibility index (Phi) is 4.73. The molecule has 0 saturated heterocycles. The molecule has 0 amide bonds. The van der Waals surface area contributed by atoms with E-state index in [0.717, 1.165) is 5.92 Å². The second-order valence-electron chi connectivity index (χ2n) is 2.32. The number of rotatable bonds is 3. The van der Waals surface area contributed by atoms with Crippen molar-refractivity contribution in [3.05, 3.63) is 12.2 Å². The number of hydrogen-bond donors (Lipinski definition) is 0. The van der Waals surface area contributed by atoms with Crippen molar-refractivity contribution < 1.29 is 0 Å². The highest BCUT2D eigenvalue weighted by Gasteiger charge is 1.91. The lowest BCUT2D eigenvalue weighted by atomic mass is 10.1. The second-order valence-corrected chi connectivity index (χ2v) is 2.32. The predicted octanol–water partition coefficient (Wildman–Crippen LogP) is 3.00. The maximum absolute atomic E-state index is 2.28. The van der Waals surface area contributed by atoms with Crippen molar-refractivity contribution in [2.75, 3.05) is 0 Å². The highest BCUT2D eigenvalue weighted by Crippen LogP contribution is 2.05. The first-order chi connectivity index (χ1) is 3.81. The first kappa shape index (κ1) is 7.74. The molecule has 0 aromatic carbocycles.